The van der Waals surface area contributed by atoms with Crippen LogP contribution in [0.3, 0.4) is 0 Å². The normalized spacial score (nSPS) is 31.1. The molecule has 3 aliphatic rings. The van der Waals surface area contributed by atoms with Crippen molar-refractivity contribution < 1.29 is 34.2 Å². The molecule has 9 heteroatoms. The lowest BCUT2D eigenvalue weighted by Crippen LogP contribution is -2.71. The fraction of sp³-hybridized carbons (Fsp3) is 0.429. The lowest BCUT2D eigenvalue weighted by molar-refractivity contribution is -0.182. The van der Waals surface area contributed by atoms with Gasteiger partial charge in [-0.2, -0.15) is 0 Å². The minimum absolute atomic E-state index is 0.0383. The van der Waals surface area contributed by atoms with Crippen molar-refractivity contribution in [2.45, 2.75) is 39.2 Å². The van der Waals surface area contributed by atoms with Gasteiger partial charge in [-0.25, -0.2) is 0 Å². The highest BCUT2D eigenvalue weighted by Crippen LogP contribution is 2.53. The second-order valence-electron chi connectivity index (χ2n) is 10.9. The van der Waals surface area contributed by atoms with E-state index in [1.165, 1.54) is 6.07 Å². The third-order valence-electron chi connectivity index (χ3n) is 8.39. The fourth-order valence-electron chi connectivity index (χ4n) is 6.78. The number of pyridine rings is 1. The molecule has 2 aromatic rings. The summed E-state index contributed by atoms with van der Waals surface area (Å²) >= 11 is 0. The standard InChI is InChI=1S/C28H28N2O7/c1-11(2)19-16-10-13-9-15-14(17-8-12(3)6-7-30-17)4-5-18(31)21(15)24(33)20(13)25(34)28(16,37)26(35)22(23(19)32)27(29)36/h4-8,11,13,16,19-20,22,31,37H,9-10H2,1-3H3,(H2,29,36)/t13-,16-,19-,20?,22?,28-/m0/s1. The highest BCUT2D eigenvalue weighted by Gasteiger charge is 2.69. The molecule has 1 heterocycles. The van der Waals surface area contributed by atoms with E-state index in [9.17, 15) is 34.2 Å². The van der Waals surface area contributed by atoms with E-state index < -0.39 is 70.1 Å². The minimum Gasteiger partial charge on any atom is -0.507 e. The molecule has 2 saturated carbocycles. The fourth-order valence-corrected chi connectivity index (χ4v) is 6.78. The van der Waals surface area contributed by atoms with Crippen LogP contribution in [-0.2, 0) is 25.6 Å². The van der Waals surface area contributed by atoms with E-state index in [4.69, 9.17) is 5.73 Å². The smallest absolute Gasteiger partial charge is 0.235 e. The van der Waals surface area contributed by atoms with Crippen molar-refractivity contribution in [2.24, 2.45) is 41.2 Å². The molecule has 3 aliphatic carbocycles. The summed E-state index contributed by atoms with van der Waals surface area (Å²) in [5, 5.41) is 22.3. The van der Waals surface area contributed by atoms with E-state index in [-0.39, 0.29) is 24.2 Å². The van der Waals surface area contributed by atoms with E-state index in [2.05, 4.69) is 4.98 Å². The molecule has 0 bridgehead atoms. The summed E-state index contributed by atoms with van der Waals surface area (Å²) in [4.78, 5) is 70.6. The maximum atomic E-state index is 13.9. The molecule has 37 heavy (non-hydrogen) atoms. The Hall–Kier alpha value is -3.72. The molecule has 1 aromatic heterocycles. The first-order valence-electron chi connectivity index (χ1n) is 12.4. The van der Waals surface area contributed by atoms with E-state index in [0.717, 1.165) is 5.56 Å². The molecule has 6 atom stereocenters. The molecule has 0 spiro atoms. The van der Waals surface area contributed by atoms with Crippen LogP contribution >= 0.6 is 0 Å². The number of aryl methyl sites for hydroxylation is 1. The van der Waals surface area contributed by atoms with E-state index in [0.29, 0.717) is 16.8 Å². The van der Waals surface area contributed by atoms with Crippen molar-refractivity contribution in [3.63, 3.8) is 0 Å². The topological polar surface area (TPSA) is 165 Å². The van der Waals surface area contributed by atoms with Crippen LogP contribution in [0.2, 0.25) is 0 Å². The van der Waals surface area contributed by atoms with Crippen LogP contribution in [0.25, 0.3) is 11.3 Å². The van der Waals surface area contributed by atoms with Gasteiger partial charge >= 0.3 is 0 Å². The number of primary amides is 1. The molecule has 2 unspecified atom stereocenters. The Morgan fingerprint density at radius 3 is 2.46 bits per heavy atom. The lowest BCUT2D eigenvalue weighted by atomic mass is 9.49. The molecule has 0 saturated heterocycles. The number of benzene rings is 1. The predicted molar refractivity (Wildman–Crippen MR) is 130 cm³/mol. The molecule has 9 nitrogen and oxygen atoms in total. The number of aromatic nitrogens is 1. The van der Waals surface area contributed by atoms with Crippen LogP contribution in [0.5, 0.6) is 5.75 Å². The molecule has 192 valence electrons. The Bertz CT molecular complexity index is 1400. The number of phenolic OH excluding ortho intramolecular Hbond substituents is 1. The maximum Gasteiger partial charge on any atom is 0.235 e. The van der Waals surface area contributed by atoms with Crippen molar-refractivity contribution in [1.82, 2.24) is 4.98 Å². The molecule has 5 rings (SSSR count). The van der Waals surface area contributed by atoms with Crippen LogP contribution in [0.4, 0.5) is 0 Å². The van der Waals surface area contributed by atoms with Gasteiger partial charge in [0.2, 0.25) is 5.91 Å². The second-order valence-corrected chi connectivity index (χ2v) is 10.9. The average Bonchev–Trinajstić information content (AvgIpc) is 2.81. The van der Waals surface area contributed by atoms with Crippen LogP contribution in [0.1, 0.15) is 41.8 Å². The van der Waals surface area contributed by atoms with E-state index >= 15 is 0 Å². The molecule has 1 aromatic carbocycles. The Balaban J connectivity index is 1.67. The van der Waals surface area contributed by atoms with Crippen LogP contribution < -0.4 is 5.73 Å². The van der Waals surface area contributed by atoms with Crippen molar-refractivity contribution in [1.29, 1.82) is 0 Å². The number of fused-ring (bicyclic) bond motifs is 3. The van der Waals surface area contributed by atoms with E-state index in [1.54, 1.807) is 26.1 Å². The zero-order valence-corrected chi connectivity index (χ0v) is 20.7. The molecule has 4 N–H and O–H groups in total. The highest BCUT2D eigenvalue weighted by atomic mass is 16.3. The molecule has 1 amide bonds. The van der Waals surface area contributed by atoms with Crippen molar-refractivity contribution in [3.05, 3.63) is 47.2 Å². The number of nitrogens with zero attached hydrogens (tertiary/aromatic N) is 1. The van der Waals surface area contributed by atoms with Crippen LogP contribution in [0, 0.1) is 42.4 Å². The Labute approximate surface area is 213 Å². The zero-order valence-electron chi connectivity index (χ0n) is 20.7. The Morgan fingerprint density at radius 1 is 1.14 bits per heavy atom. The summed E-state index contributed by atoms with van der Waals surface area (Å²) in [5.74, 6) is -11.6. The predicted octanol–water partition coefficient (Wildman–Crippen LogP) is 1.58. The summed E-state index contributed by atoms with van der Waals surface area (Å²) < 4.78 is 0. The zero-order chi connectivity index (χ0) is 27.0. The van der Waals surface area contributed by atoms with Gasteiger partial charge in [-0.15, -0.1) is 0 Å². The number of nitrogens with two attached hydrogens (primary N) is 1. The molecule has 0 aliphatic heterocycles. The van der Waals surface area contributed by atoms with Gasteiger partial charge in [-0.1, -0.05) is 13.8 Å². The first-order chi connectivity index (χ1) is 17.4. The van der Waals surface area contributed by atoms with Gasteiger partial charge in [0.15, 0.2) is 34.7 Å². The van der Waals surface area contributed by atoms with Gasteiger partial charge in [0.05, 0.1) is 17.2 Å². The van der Waals surface area contributed by atoms with E-state index in [1.807, 2.05) is 19.1 Å². The summed E-state index contributed by atoms with van der Waals surface area (Å²) in [6.07, 6.45) is 1.89. The van der Waals surface area contributed by atoms with Crippen molar-refractivity contribution >= 4 is 29.0 Å². The number of carbonyl (C=O) groups excluding carboxylic acids is 5. The van der Waals surface area contributed by atoms with Crippen LogP contribution in [0.15, 0.2) is 30.5 Å². The number of carbonyl (C=O) groups is 5. The van der Waals surface area contributed by atoms with Gasteiger partial charge in [0, 0.05) is 23.6 Å². The Morgan fingerprint density at radius 2 is 1.84 bits per heavy atom. The number of hydrogen-bond donors (Lipinski definition) is 3. The summed E-state index contributed by atoms with van der Waals surface area (Å²) in [7, 11) is 0. The largest absolute Gasteiger partial charge is 0.507 e. The van der Waals surface area contributed by atoms with Gasteiger partial charge in [-0.3, -0.25) is 29.0 Å². The lowest BCUT2D eigenvalue weighted by Gasteiger charge is -2.52. The Kier molecular flexibility index (Phi) is 5.67. The van der Waals surface area contributed by atoms with Gasteiger partial charge in [-0.05, 0) is 67.0 Å². The highest BCUT2D eigenvalue weighted by molar-refractivity contribution is 6.32. The molecule has 0 radical (unpaired) electrons. The van der Waals surface area contributed by atoms with Crippen molar-refractivity contribution in [2.75, 3.05) is 0 Å². The SMILES string of the molecule is Cc1ccnc(-c2ccc(O)c3c2C[C@H]2C[C@H]4[C@H](C(C)C)C(=O)C(C(N)=O)C(=O)[C@@]4(O)C(=O)C2C3=O)c1. The quantitative estimate of drug-likeness (QED) is 0.530. The number of amides is 1. The second kappa shape index (κ2) is 8.41. The number of aliphatic hydroxyl groups is 1. The number of aromatic hydroxyl groups is 1. The number of ketones is 4. The third-order valence-corrected chi connectivity index (χ3v) is 8.39. The molecular formula is C28H28N2O7. The molecule has 2 fully saturated rings. The summed E-state index contributed by atoms with van der Waals surface area (Å²) in [5.41, 5.74) is 5.35. The third kappa shape index (κ3) is 3.40. The van der Waals surface area contributed by atoms with Gasteiger partial charge < -0.3 is 15.9 Å². The first-order valence-corrected chi connectivity index (χ1v) is 12.4. The minimum atomic E-state index is -2.69. The maximum absolute atomic E-state index is 13.9. The van der Waals surface area contributed by atoms with Gasteiger partial charge in [0.1, 0.15) is 5.75 Å². The van der Waals surface area contributed by atoms with Crippen molar-refractivity contribution in [3.8, 4) is 17.0 Å². The van der Waals surface area contributed by atoms with Crippen LogP contribution in [-0.4, -0.2) is 49.8 Å². The van der Waals surface area contributed by atoms with Gasteiger partial charge in [0.25, 0.3) is 0 Å². The number of Topliss-reactive ketones (excluding diaryl/α,β-unsaturated/α-hetero) is 4. The number of rotatable bonds is 3. The average molecular weight is 505 g/mol. The molecular weight excluding hydrogens is 476 g/mol. The summed E-state index contributed by atoms with van der Waals surface area (Å²) in [6.45, 7) is 5.34. The first kappa shape index (κ1) is 25.0. The summed E-state index contributed by atoms with van der Waals surface area (Å²) in [6, 6.07) is 6.72. The number of hydrogen-bond acceptors (Lipinski definition) is 8. The monoisotopic (exact) mass is 504 g/mol. The number of phenols is 1.